The molecule has 0 unspecified atom stereocenters. The molecule has 1 heterocycles. The summed E-state index contributed by atoms with van der Waals surface area (Å²) in [4.78, 5) is 5.68. The minimum Gasteiger partial charge on any atom is -0.497 e. The highest BCUT2D eigenvalue weighted by Crippen LogP contribution is 2.46. The Hall–Kier alpha value is -3.88. The van der Waals surface area contributed by atoms with E-state index < -0.39 is 0 Å². The maximum Gasteiger partial charge on any atom is 0.161 e. The van der Waals surface area contributed by atoms with Crippen molar-refractivity contribution in [3.63, 3.8) is 0 Å². The van der Waals surface area contributed by atoms with Crippen LogP contribution in [0.1, 0.15) is 11.1 Å². The van der Waals surface area contributed by atoms with Crippen LogP contribution in [0.5, 0.6) is 23.0 Å². The summed E-state index contributed by atoms with van der Waals surface area (Å²) < 4.78 is 22.5. The average molecular weight is 523 g/mol. The van der Waals surface area contributed by atoms with Gasteiger partial charge in [0, 0.05) is 34.1 Å². The van der Waals surface area contributed by atoms with Gasteiger partial charge in [-0.3, -0.25) is 5.43 Å². The van der Waals surface area contributed by atoms with Crippen molar-refractivity contribution in [3.8, 4) is 34.3 Å². The van der Waals surface area contributed by atoms with Crippen molar-refractivity contribution in [2.24, 2.45) is 5.10 Å². The van der Waals surface area contributed by atoms with Gasteiger partial charge in [0.15, 0.2) is 11.5 Å². The van der Waals surface area contributed by atoms with Gasteiger partial charge in [0.25, 0.3) is 0 Å². The molecule has 2 N–H and O–H groups in total. The zero-order valence-electron chi connectivity index (χ0n) is 21.5. The van der Waals surface area contributed by atoms with Crippen LogP contribution in [0.25, 0.3) is 22.2 Å². The van der Waals surface area contributed by atoms with Crippen molar-refractivity contribution < 1.29 is 18.9 Å². The number of H-pyrrole nitrogens is 1. The van der Waals surface area contributed by atoms with E-state index in [0.29, 0.717) is 18.1 Å². The van der Waals surface area contributed by atoms with E-state index in [-0.39, 0.29) is 12.4 Å². The quantitative estimate of drug-likeness (QED) is 0.252. The zero-order valence-corrected chi connectivity index (χ0v) is 22.4. The molecule has 4 aromatic rings. The summed E-state index contributed by atoms with van der Waals surface area (Å²) in [5, 5.41) is 5.90. The molecule has 0 saturated carbocycles. The molecule has 1 aromatic heterocycles. The van der Waals surface area contributed by atoms with Crippen molar-refractivity contribution in [2.75, 3.05) is 54.0 Å². The largest absolute Gasteiger partial charge is 0.497 e. The third kappa shape index (κ3) is 5.03. The van der Waals surface area contributed by atoms with Crippen LogP contribution in [0.15, 0.2) is 59.7 Å². The Morgan fingerprint density at radius 1 is 0.838 bits per heavy atom. The highest BCUT2D eigenvalue weighted by atomic mass is 35.5. The number of methoxy groups -OCH3 is 3. The number of halogens is 1. The van der Waals surface area contributed by atoms with Gasteiger partial charge in [-0.1, -0.05) is 0 Å². The van der Waals surface area contributed by atoms with Crippen molar-refractivity contribution in [2.45, 2.75) is 0 Å². The minimum atomic E-state index is 0. The van der Waals surface area contributed by atoms with Crippen LogP contribution in [0, 0.1) is 0 Å². The van der Waals surface area contributed by atoms with Crippen molar-refractivity contribution >= 4 is 34.7 Å². The van der Waals surface area contributed by atoms with E-state index >= 15 is 0 Å². The fourth-order valence-corrected chi connectivity index (χ4v) is 4.37. The summed E-state index contributed by atoms with van der Waals surface area (Å²) in [5.41, 5.74) is 9.84. The monoisotopic (exact) mass is 522 g/mol. The Labute approximate surface area is 222 Å². The molecule has 194 valence electrons. The van der Waals surface area contributed by atoms with E-state index in [9.17, 15) is 0 Å². The van der Waals surface area contributed by atoms with Gasteiger partial charge in [0.2, 0.25) is 0 Å². The third-order valence-electron chi connectivity index (χ3n) is 6.25. The molecule has 1 aliphatic rings. The van der Waals surface area contributed by atoms with Crippen molar-refractivity contribution in [1.82, 2.24) is 9.88 Å². The highest BCUT2D eigenvalue weighted by Gasteiger charge is 2.31. The fourth-order valence-electron chi connectivity index (χ4n) is 4.37. The molecule has 3 aromatic carbocycles. The number of aromatic amines is 1. The molecule has 0 amide bonds. The predicted octanol–water partition coefficient (Wildman–Crippen LogP) is 5.40. The summed E-state index contributed by atoms with van der Waals surface area (Å²) in [7, 11) is 8.99. The van der Waals surface area contributed by atoms with Crippen molar-refractivity contribution in [3.05, 3.63) is 65.7 Å². The number of nitrogens with one attached hydrogen (secondary N) is 2. The number of rotatable bonds is 9. The lowest BCUT2D eigenvalue weighted by Gasteiger charge is -2.12. The molecule has 0 bridgehead atoms. The number of likely N-dealkylation sites (N-methyl/N-ethyl adjacent to an activating group) is 1. The van der Waals surface area contributed by atoms with E-state index in [1.807, 2.05) is 62.6 Å². The molecule has 9 heteroatoms. The molecular weight excluding hydrogens is 492 g/mol. The van der Waals surface area contributed by atoms with E-state index in [1.54, 1.807) is 21.3 Å². The highest BCUT2D eigenvalue weighted by molar-refractivity contribution is 6.30. The van der Waals surface area contributed by atoms with Gasteiger partial charge in [-0.2, -0.15) is 5.10 Å². The second kappa shape index (κ2) is 11.0. The van der Waals surface area contributed by atoms with E-state index in [1.165, 1.54) is 0 Å². The Morgan fingerprint density at radius 3 is 2.16 bits per heavy atom. The minimum absolute atomic E-state index is 0. The van der Waals surface area contributed by atoms with E-state index in [4.69, 9.17) is 24.0 Å². The molecule has 8 nitrogen and oxygen atoms in total. The second-order valence-corrected chi connectivity index (χ2v) is 8.79. The Kier molecular flexibility index (Phi) is 7.80. The number of anilines is 1. The summed E-state index contributed by atoms with van der Waals surface area (Å²) in [5.74, 6) is 2.92. The lowest BCUT2D eigenvalue weighted by Crippen LogP contribution is -2.19. The van der Waals surface area contributed by atoms with Crippen molar-refractivity contribution in [1.29, 1.82) is 0 Å². The molecule has 0 atom stereocenters. The van der Waals surface area contributed by atoms with Crippen LogP contribution in [0.4, 0.5) is 5.69 Å². The summed E-state index contributed by atoms with van der Waals surface area (Å²) in [6, 6.07) is 17.7. The van der Waals surface area contributed by atoms with Gasteiger partial charge in [-0.05, 0) is 68.7 Å². The number of nitrogens with zero attached hydrogens (tertiary/aromatic N) is 2. The summed E-state index contributed by atoms with van der Waals surface area (Å²) >= 11 is 0. The second-order valence-electron chi connectivity index (χ2n) is 8.79. The van der Waals surface area contributed by atoms with Crippen LogP contribution in [-0.4, -0.2) is 64.2 Å². The molecule has 37 heavy (non-hydrogen) atoms. The normalized spacial score (nSPS) is 12.8. The molecule has 1 aliphatic carbocycles. The number of fused-ring (bicyclic) bond motifs is 5. The number of hydrogen-bond acceptors (Lipinski definition) is 7. The number of aromatic nitrogens is 1. The SMILES string of the molecule is COc1ccc(N/N=C2/c3cc(OC)c(OC)cc3-c3[nH]c4ccc(OCCN(C)C)cc4c32)cc1.Cl. The van der Waals surface area contributed by atoms with E-state index in [0.717, 1.165) is 62.7 Å². The maximum absolute atomic E-state index is 6.03. The number of ether oxygens (including phenoxy) is 4. The van der Waals surface area contributed by atoms with Gasteiger partial charge in [0.05, 0.1) is 32.7 Å². The van der Waals surface area contributed by atoms with Gasteiger partial charge < -0.3 is 28.8 Å². The smallest absolute Gasteiger partial charge is 0.161 e. The van der Waals surface area contributed by atoms with E-state index in [2.05, 4.69) is 21.4 Å². The molecule has 0 radical (unpaired) electrons. The van der Waals surface area contributed by atoms with Crippen LogP contribution in [0.3, 0.4) is 0 Å². The molecule has 0 aliphatic heterocycles. The fraction of sp³-hybridized carbons (Fsp3) is 0.250. The zero-order chi connectivity index (χ0) is 25.2. The summed E-state index contributed by atoms with van der Waals surface area (Å²) in [6.07, 6.45) is 0. The Morgan fingerprint density at radius 2 is 1.51 bits per heavy atom. The lowest BCUT2D eigenvalue weighted by molar-refractivity contribution is 0.261. The lowest BCUT2D eigenvalue weighted by atomic mass is 10.1. The number of hydrazone groups is 1. The molecule has 5 rings (SSSR count). The first kappa shape index (κ1) is 26.2. The molecule has 0 saturated heterocycles. The summed E-state index contributed by atoms with van der Waals surface area (Å²) in [6.45, 7) is 1.45. The maximum atomic E-state index is 6.03. The first-order chi connectivity index (χ1) is 17.5. The molecule has 0 spiro atoms. The van der Waals surface area contributed by atoms with Gasteiger partial charge in [0.1, 0.15) is 23.8 Å². The van der Waals surface area contributed by atoms with Crippen LogP contribution in [0.2, 0.25) is 0 Å². The first-order valence-corrected chi connectivity index (χ1v) is 11.7. The van der Waals surface area contributed by atoms with Gasteiger partial charge in [-0.25, -0.2) is 0 Å². The molecule has 0 fully saturated rings. The van der Waals surface area contributed by atoms with Crippen LogP contribution >= 0.6 is 12.4 Å². The topological polar surface area (TPSA) is 80.3 Å². The first-order valence-electron chi connectivity index (χ1n) is 11.7. The Balaban J connectivity index is 0.00000320. The Bertz CT molecular complexity index is 1430. The van der Waals surface area contributed by atoms with Crippen LogP contribution < -0.4 is 24.4 Å². The standard InChI is InChI=1S/C28H30N4O4.ClH/c1-32(2)12-13-36-19-10-11-23-22(14-19)26-27(29-23)20-15-24(34-4)25(35-5)16-21(20)28(26)31-30-17-6-8-18(33-3)9-7-17;/h6-11,14-16,29-30H,12-13H2,1-5H3;1H/b31-28-;. The van der Waals surface area contributed by atoms with Gasteiger partial charge >= 0.3 is 0 Å². The number of hydrogen-bond donors (Lipinski definition) is 2. The molecular formula is C28H31ClN4O4. The predicted molar refractivity (Wildman–Crippen MR) is 150 cm³/mol. The van der Waals surface area contributed by atoms with Crippen LogP contribution in [-0.2, 0) is 0 Å². The van der Waals surface area contributed by atoms with Gasteiger partial charge in [-0.15, -0.1) is 12.4 Å². The number of benzene rings is 3. The third-order valence-corrected chi connectivity index (χ3v) is 6.25. The average Bonchev–Trinajstić information content (AvgIpc) is 3.40.